The largest absolute Gasteiger partial charge is 0.450 e. The monoisotopic (exact) mass is 369 g/mol. The molecule has 0 radical (unpaired) electrons. The van der Waals surface area contributed by atoms with E-state index in [1.54, 1.807) is 11.8 Å². The normalized spacial score (nSPS) is 21.5. The summed E-state index contributed by atoms with van der Waals surface area (Å²) in [5, 5.41) is 3.03. The van der Waals surface area contributed by atoms with Gasteiger partial charge in [0.2, 0.25) is 5.91 Å². The fourth-order valence-electron chi connectivity index (χ4n) is 3.30. The van der Waals surface area contributed by atoms with Crippen LogP contribution in [0.25, 0.3) is 0 Å². The predicted octanol–water partition coefficient (Wildman–Crippen LogP) is 2.12. The first-order valence-electron chi connectivity index (χ1n) is 9.43. The van der Waals surface area contributed by atoms with E-state index >= 15 is 0 Å². The second-order valence-corrected chi connectivity index (χ2v) is 7.80. The zero-order valence-corrected chi connectivity index (χ0v) is 16.2. The molecule has 1 atom stereocenters. The van der Waals surface area contributed by atoms with E-state index in [1.165, 1.54) is 4.90 Å². The lowest BCUT2D eigenvalue weighted by Crippen LogP contribution is -2.52. The minimum absolute atomic E-state index is 0.00858. The molecule has 0 saturated carbocycles. The maximum absolute atomic E-state index is 12.6. The molecule has 1 N–H and O–H groups in total. The van der Waals surface area contributed by atoms with Gasteiger partial charge < -0.3 is 19.7 Å². The van der Waals surface area contributed by atoms with Crippen LogP contribution in [0.5, 0.6) is 0 Å². The highest BCUT2D eigenvalue weighted by molar-refractivity contribution is 5.86. The summed E-state index contributed by atoms with van der Waals surface area (Å²) in [6.45, 7) is 9.23. The quantitative estimate of drug-likeness (QED) is 0.823. The van der Waals surface area contributed by atoms with E-state index in [2.05, 4.69) is 5.32 Å². The highest BCUT2D eigenvalue weighted by Gasteiger charge is 2.37. The molecule has 3 amide bonds. The molecule has 0 aromatic rings. The molecule has 8 nitrogen and oxygen atoms in total. The fraction of sp³-hybridized carbons (Fsp3) is 0.833. The highest BCUT2D eigenvalue weighted by Crippen LogP contribution is 2.22. The molecule has 2 heterocycles. The summed E-state index contributed by atoms with van der Waals surface area (Å²) in [5.41, 5.74) is -0.583. The Balaban J connectivity index is 1.84. The number of piperidine rings is 1. The summed E-state index contributed by atoms with van der Waals surface area (Å²) in [4.78, 5) is 39.9. The number of amides is 3. The van der Waals surface area contributed by atoms with Crippen LogP contribution in [0.3, 0.4) is 0 Å². The van der Waals surface area contributed by atoms with Crippen molar-refractivity contribution in [2.75, 3.05) is 26.2 Å². The van der Waals surface area contributed by atoms with Crippen molar-refractivity contribution in [3.63, 3.8) is 0 Å². The van der Waals surface area contributed by atoms with Gasteiger partial charge in [-0.05, 0) is 53.4 Å². The smallest absolute Gasteiger partial charge is 0.410 e. The van der Waals surface area contributed by atoms with Crippen molar-refractivity contribution in [2.24, 2.45) is 0 Å². The van der Waals surface area contributed by atoms with Crippen molar-refractivity contribution in [3.05, 3.63) is 0 Å². The number of rotatable bonds is 3. The molecular weight excluding hydrogens is 338 g/mol. The SMILES string of the molecule is CCOC(=O)N1CCC(NC(=O)C2CCCN2C(=O)OC(C)(C)C)CC1. The number of hydrogen-bond acceptors (Lipinski definition) is 5. The minimum atomic E-state index is -0.583. The molecule has 2 aliphatic heterocycles. The second-order valence-electron chi connectivity index (χ2n) is 7.80. The van der Waals surface area contributed by atoms with Crippen molar-refractivity contribution in [1.82, 2.24) is 15.1 Å². The molecule has 0 aliphatic carbocycles. The van der Waals surface area contributed by atoms with Crippen LogP contribution in [0.15, 0.2) is 0 Å². The van der Waals surface area contributed by atoms with Crippen molar-refractivity contribution in [3.8, 4) is 0 Å². The van der Waals surface area contributed by atoms with Gasteiger partial charge in [-0.2, -0.15) is 0 Å². The zero-order chi connectivity index (χ0) is 19.3. The van der Waals surface area contributed by atoms with Gasteiger partial charge in [-0.25, -0.2) is 9.59 Å². The van der Waals surface area contributed by atoms with Crippen molar-refractivity contribution >= 4 is 18.1 Å². The van der Waals surface area contributed by atoms with Gasteiger partial charge >= 0.3 is 12.2 Å². The number of hydrogen-bond donors (Lipinski definition) is 1. The van der Waals surface area contributed by atoms with Gasteiger partial charge in [0.1, 0.15) is 11.6 Å². The number of ether oxygens (including phenoxy) is 2. The topological polar surface area (TPSA) is 88.2 Å². The molecule has 0 aromatic carbocycles. The minimum Gasteiger partial charge on any atom is -0.450 e. The van der Waals surface area contributed by atoms with Crippen molar-refractivity contribution in [2.45, 2.75) is 71.1 Å². The Labute approximate surface area is 155 Å². The molecule has 2 rings (SSSR count). The van der Waals surface area contributed by atoms with Crippen LogP contribution < -0.4 is 5.32 Å². The molecule has 2 aliphatic rings. The lowest BCUT2D eigenvalue weighted by Gasteiger charge is -2.33. The lowest BCUT2D eigenvalue weighted by atomic mass is 10.0. The number of carbonyl (C=O) groups excluding carboxylic acids is 3. The van der Waals surface area contributed by atoms with E-state index in [-0.39, 0.29) is 18.0 Å². The predicted molar refractivity (Wildman–Crippen MR) is 95.7 cm³/mol. The standard InChI is InChI=1S/C18H31N3O5/c1-5-25-16(23)20-11-8-13(9-12-20)19-15(22)14-7-6-10-21(14)17(24)26-18(2,3)4/h13-14H,5-12H2,1-4H3,(H,19,22). The average molecular weight is 369 g/mol. The van der Waals surface area contributed by atoms with Gasteiger partial charge in [0.15, 0.2) is 0 Å². The first-order valence-corrected chi connectivity index (χ1v) is 9.43. The Bertz CT molecular complexity index is 523. The average Bonchev–Trinajstić information content (AvgIpc) is 3.04. The Kier molecular flexibility index (Phi) is 6.72. The third kappa shape index (κ3) is 5.51. The number of carbonyl (C=O) groups is 3. The van der Waals surface area contributed by atoms with E-state index in [0.717, 1.165) is 6.42 Å². The highest BCUT2D eigenvalue weighted by atomic mass is 16.6. The maximum Gasteiger partial charge on any atom is 0.410 e. The fourth-order valence-corrected chi connectivity index (χ4v) is 3.30. The summed E-state index contributed by atoms with van der Waals surface area (Å²) < 4.78 is 10.4. The summed E-state index contributed by atoms with van der Waals surface area (Å²) >= 11 is 0. The molecule has 0 spiro atoms. The van der Waals surface area contributed by atoms with Crippen LogP contribution in [-0.4, -0.2) is 71.8 Å². The van der Waals surface area contributed by atoms with E-state index in [9.17, 15) is 14.4 Å². The van der Waals surface area contributed by atoms with Crippen LogP contribution in [-0.2, 0) is 14.3 Å². The number of nitrogens with zero attached hydrogens (tertiary/aromatic N) is 2. The Morgan fingerprint density at radius 1 is 1.04 bits per heavy atom. The lowest BCUT2D eigenvalue weighted by molar-refractivity contribution is -0.126. The van der Waals surface area contributed by atoms with E-state index in [4.69, 9.17) is 9.47 Å². The number of nitrogens with one attached hydrogen (secondary N) is 1. The van der Waals surface area contributed by atoms with Crippen LogP contribution in [0.2, 0.25) is 0 Å². The van der Waals surface area contributed by atoms with E-state index in [1.807, 2.05) is 20.8 Å². The van der Waals surface area contributed by atoms with Gasteiger partial charge in [-0.3, -0.25) is 9.69 Å². The second kappa shape index (κ2) is 8.60. The molecular formula is C18H31N3O5. The Morgan fingerprint density at radius 2 is 1.69 bits per heavy atom. The summed E-state index contributed by atoms with van der Waals surface area (Å²) in [5.74, 6) is -0.136. The molecule has 148 valence electrons. The molecule has 26 heavy (non-hydrogen) atoms. The summed E-state index contributed by atoms with van der Waals surface area (Å²) in [6.07, 6.45) is 2.06. The van der Waals surface area contributed by atoms with Gasteiger partial charge in [0.05, 0.1) is 6.61 Å². The van der Waals surface area contributed by atoms with Crippen molar-refractivity contribution < 1.29 is 23.9 Å². The first-order chi connectivity index (χ1) is 12.2. The maximum atomic E-state index is 12.6. The summed E-state index contributed by atoms with van der Waals surface area (Å²) in [7, 11) is 0. The summed E-state index contributed by atoms with van der Waals surface area (Å²) in [6, 6.07) is -0.470. The third-order valence-electron chi connectivity index (χ3n) is 4.55. The third-order valence-corrected chi connectivity index (χ3v) is 4.55. The zero-order valence-electron chi connectivity index (χ0n) is 16.2. The van der Waals surface area contributed by atoms with Crippen LogP contribution >= 0.6 is 0 Å². The van der Waals surface area contributed by atoms with E-state index < -0.39 is 17.7 Å². The molecule has 8 heteroatoms. The Morgan fingerprint density at radius 3 is 2.27 bits per heavy atom. The van der Waals surface area contributed by atoms with Crippen LogP contribution in [0, 0.1) is 0 Å². The van der Waals surface area contributed by atoms with Crippen molar-refractivity contribution in [1.29, 1.82) is 0 Å². The van der Waals surface area contributed by atoms with Gasteiger partial charge in [0.25, 0.3) is 0 Å². The molecule has 0 aromatic heterocycles. The van der Waals surface area contributed by atoms with Gasteiger partial charge in [-0.1, -0.05) is 0 Å². The molecule has 2 fully saturated rings. The number of likely N-dealkylation sites (tertiary alicyclic amines) is 2. The van der Waals surface area contributed by atoms with Gasteiger partial charge in [0, 0.05) is 25.7 Å². The first kappa shape index (κ1) is 20.3. The molecule has 2 saturated heterocycles. The van der Waals surface area contributed by atoms with Gasteiger partial charge in [-0.15, -0.1) is 0 Å². The van der Waals surface area contributed by atoms with Crippen LogP contribution in [0.4, 0.5) is 9.59 Å². The van der Waals surface area contributed by atoms with E-state index in [0.29, 0.717) is 45.5 Å². The molecule has 0 bridgehead atoms. The molecule has 1 unspecified atom stereocenters. The van der Waals surface area contributed by atoms with Crippen LogP contribution in [0.1, 0.15) is 53.4 Å². The Hall–Kier alpha value is -1.99.